The highest BCUT2D eigenvalue weighted by atomic mass is 35.5. The Labute approximate surface area is 137 Å². The quantitative estimate of drug-likeness (QED) is 0.685. The Kier molecular flexibility index (Phi) is 3.27. The molecule has 0 aliphatic heterocycles. The lowest BCUT2D eigenvalue weighted by atomic mass is 9.98. The van der Waals surface area contributed by atoms with E-state index in [0.29, 0.717) is 28.4 Å². The molecule has 0 aromatic carbocycles. The molecule has 3 aromatic rings. The highest BCUT2D eigenvalue weighted by Crippen LogP contribution is 2.28. The number of aryl methyl sites for hydroxylation is 1. The molecule has 4 rings (SSSR count). The van der Waals surface area contributed by atoms with Crippen molar-refractivity contribution in [3.8, 4) is 5.82 Å². The van der Waals surface area contributed by atoms with Gasteiger partial charge in [-0.25, -0.2) is 9.37 Å². The summed E-state index contributed by atoms with van der Waals surface area (Å²) in [4.78, 5) is 17.1. The molecule has 0 spiro atoms. The van der Waals surface area contributed by atoms with Gasteiger partial charge in [-0.3, -0.25) is 9.36 Å². The number of rotatable bonds is 1. The average Bonchev–Trinajstić information content (AvgIpc) is 2.85. The molecular formula is C17H15ClFN3O. The van der Waals surface area contributed by atoms with Gasteiger partial charge >= 0.3 is 0 Å². The van der Waals surface area contributed by atoms with E-state index in [-0.39, 0.29) is 5.52 Å². The monoisotopic (exact) mass is 331 g/mol. The van der Waals surface area contributed by atoms with Crippen LogP contribution in [0.5, 0.6) is 0 Å². The lowest BCUT2D eigenvalue weighted by Gasteiger charge is -2.12. The second kappa shape index (κ2) is 5.20. The van der Waals surface area contributed by atoms with Crippen LogP contribution in [-0.4, -0.2) is 14.0 Å². The number of nitrogens with zero attached hydrogens (tertiary/aromatic N) is 3. The summed E-state index contributed by atoms with van der Waals surface area (Å²) in [5, 5.41) is 0.525. The smallest absolute Gasteiger partial charge is 0.283 e. The number of hydrogen-bond acceptors (Lipinski definition) is 2. The number of pyridine rings is 1. The Hall–Kier alpha value is -2.14. The second-order valence-corrected chi connectivity index (χ2v) is 6.29. The van der Waals surface area contributed by atoms with Crippen molar-refractivity contribution >= 4 is 17.1 Å². The van der Waals surface area contributed by atoms with Crippen molar-refractivity contribution in [2.45, 2.75) is 32.6 Å². The summed E-state index contributed by atoms with van der Waals surface area (Å²) in [6, 6.07) is 1.67. The lowest BCUT2D eigenvalue weighted by molar-refractivity contribution is 0.595. The third-order valence-corrected chi connectivity index (χ3v) is 4.98. The van der Waals surface area contributed by atoms with Crippen molar-refractivity contribution in [3.05, 3.63) is 62.7 Å². The van der Waals surface area contributed by atoms with Gasteiger partial charge in [0.25, 0.3) is 5.56 Å². The van der Waals surface area contributed by atoms with Crippen LogP contribution in [-0.2, 0) is 12.8 Å². The number of fused-ring (bicyclic) bond motifs is 3. The highest BCUT2D eigenvalue weighted by Gasteiger charge is 2.24. The zero-order chi connectivity index (χ0) is 16.1. The molecule has 0 fully saturated rings. The topological polar surface area (TPSA) is 39.3 Å². The molecule has 1 aliphatic carbocycles. The molecule has 3 heterocycles. The Bertz CT molecular complexity index is 990. The first-order valence-electron chi connectivity index (χ1n) is 7.64. The minimum atomic E-state index is -0.405. The zero-order valence-electron chi connectivity index (χ0n) is 12.6. The Morgan fingerprint density at radius 1 is 1.26 bits per heavy atom. The fourth-order valence-corrected chi connectivity index (χ4v) is 3.50. The summed E-state index contributed by atoms with van der Waals surface area (Å²) in [5.41, 5.74) is 1.99. The molecule has 0 bridgehead atoms. The molecule has 23 heavy (non-hydrogen) atoms. The molecule has 0 atom stereocenters. The molecule has 0 amide bonds. The van der Waals surface area contributed by atoms with E-state index in [1.54, 1.807) is 36.0 Å². The van der Waals surface area contributed by atoms with E-state index in [1.807, 2.05) is 0 Å². The van der Waals surface area contributed by atoms with Gasteiger partial charge in [0.1, 0.15) is 11.3 Å². The van der Waals surface area contributed by atoms with Gasteiger partial charge in [-0.15, -0.1) is 0 Å². The van der Waals surface area contributed by atoms with Gasteiger partial charge in [0.15, 0.2) is 5.82 Å². The Morgan fingerprint density at radius 3 is 2.87 bits per heavy atom. The number of hydrogen-bond donors (Lipinski definition) is 0. The molecule has 0 N–H and O–H groups in total. The van der Waals surface area contributed by atoms with Crippen molar-refractivity contribution in [1.29, 1.82) is 0 Å². The minimum Gasteiger partial charge on any atom is -0.312 e. The zero-order valence-corrected chi connectivity index (χ0v) is 13.4. The normalized spacial score (nSPS) is 14.2. The van der Waals surface area contributed by atoms with Gasteiger partial charge in [-0.2, -0.15) is 0 Å². The predicted molar refractivity (Wildman–Crippen MR) is 87.1 cm³/mol. The molecule has 0 radical (unpaired) electrons. The third kappa shape index (κ3) is 2.03. The largest absolute Gasteiger partial charge is 0.312 e. The maximum Gasteiger partial charge on any atom is 0.283 e. The number of aromatic nitrogens is 3. The summed E-state index contributed by atoms with van der Waals surface area (Å²) in [7, 11) is 0. The van der Waals surface area contributed by atoms with Gasteiger partial charge in [0.2, 0.25) is 0 Å². The van der Waals surface area contributed by atoms with Gasteiger partial charge < -0.3 is 4.40 Å². The maximum atomic E-state index is 14.8. The van der Waals surface area contributed by atoms with Crippen molar-refractivity contribution in [2.75, 3.05) is 0 Å². The van der Waals surface area contributed by atoms with Crippen LogP contribution < -0.4 is 5.56 Å². The van der Waals surface area contributed by atoms with E-state index < -0.39 is 11.4 Å². The third-order valence-electron chi connectivity index (χ3n) is 4.57. The molecule has 0 saturated carbocycles. The van der Waals surface area contributed by atoms with Crippen molar-refractivity contribution in [3.63, 3.8) is 0 Å². The molecule has 3 aromatic heterocycles. The fourth-order valence-electron chi connectivity index (χ4n) is 3.36. The Balaban J connectivity index is 2.04. The molecule has 6 heteroatoms. The summed E-state index contributed by atoms with van der Waals surface area (Å²) in [5.74, 6) is 0.0438. The van der Waals surface area contributed by atoms with Gasteiger partial charge in [-0.1, -0.05) is 11.6 Å². The lowest BCUT2D eigenvalue weighted by Crippen LogP contribution is -2.22. The van der Waals surface area contributed by atoms with Crippen molar-refractivity contribution in [2.24, 2.45) is 0 Å². The van der Waals surface area contributed by atoms with Crippen LogP contribution in [0, 0.1) is 12.7 Å². The van der Waals surface area contributed by atoms with Gasteiger partial charge in [0, 0.05) is 40.4 Å². The summed E-state index contributed by atoms with van der Waals surface area (Å²) in [6.45, 7) is 1.79. The van der Waals surface area contributed by atoms with Crippen LogP contribution in [0.15, 0.2) is 29.5 Å². The van der Waals surface area contributed by atoms with E-state index >= 15 is 0 Å². The van der Waals surface area contributed by atoms with Gasteiger partial charge in [-0.05, 0) is 38.7 Å². The van der Waals surface area contributed by atoms with Crippen LogP contribution >= 0.6 is 11.6 Å². The van der Waals surface area contributed by atoms with Crippen molar-refractivity contribution in [1.82, 2.24) is 14.0 Å². The van der Waals surface area contributed by atoms with Gasteiger partial charge in [0.05, 0.1) is 0 Å². The molecule has 1 aliphatic rings. The molecule has 0 unspecified atom stereocenters. The SMILES string of the molecule is Cc1c(Cl)ccnc1-n1ccn2c3c(c(F)c2c1=O)CCCC3. The van der Waals surface area contributed by atoms with E-state index in [2.05, 4.69) is 4.98 Å². The van der Waals surface area contributed by atoms with E-state index in [4.69, 9.17) is 11.6 Å². The molecule has 4 nitrogen and oxygen atoms in total. The second-order valence-electron chi connectivity index (χ2n) is 5.88. The first-order valence-corrected chi connectivity index (χ1v) is 8.02. The van der Waals surface area contributed by atoms with Crippen LogP contribution in [0.1, 0.15) is 29.7 Å². The van der Waals surface area contributed by atoms with Crippen LogP contribution in [0.2, 0.25) is 5.02 Å². The average molecular weight is 332 g/mol. The Morgan fingerprint density at radius 2 is 2.04 bits per heavy atom. The first kappa shape index (κ1) is 14.5. The molecular weight excluding hydrogens is 317 g/mol. The highest BCUT2D eigenvalue weighted by molar-refractivity contribution is 6.31. The van der Waals surface area contributed by atoms with E-state index in [9.17, 15) is 9.18 Å². The maximum absolute atomic E-state index is 14.8. The molecule has 0 saturated heterocycles. The first-order chi connectivity index (χ1) is 11.1. The van der Waals surface area contributed by atoms with Crippen LogP contribution in [0.25, 0.3) is 11.3 Å². The van der Waals surface area contributed by atoms with Crippen LogP contribution in [0.3, 0.4) is 0 Å². The summed E-state index contributed by atoms with van der Waals surface area (Å²) >= 11 is 6.11. The van der Waals surface area contributed by atoms with Crippen LogP contribution in [0.4, 0.5) is 4.39 Å². The standard InChI is InChI=1S/C17H15ClFN3O/c1-10-12(18)6-7-20-16(10)22-9-8-21-13-5-3-2-4-11(13)14(19)15(21)17(22)23/h6-9H,2-5H2,1H3. The van der Waals surface area contributed by atoms with E-state index in [1.165, 1.54) is 4.57 Å². The summed E-state index contributed by atoms with van der Waals surface area (Å²) < 4.78 is 17.8. The van der Waals surface area contributed by atoms with Crippen molar-refractivity contribution < 1.29 is 4.39 Å². The molecule has 118 valence electrons. The summed E-state index contributed by atoms with van der Waals surface area (Å²) in [6.07, 6.45) is 8.40. The predicted octanol–water partition coefficient (Wildman–Crippen LogP) is 3.46. The fraction of sp³-hybridized carbons (Fsp3) is 0.294. The van der Waals surface area contributed by atoms with E-state index in [0.717, 1.165) is 25.0 Å². The minimum absolute atomic E-state index is 0.0978. The number of halogens is 2.